The van der Waals surface area contributed by atoms with Crippen LogP contribution in [0.4, 0.5) is 10.3 Å². The zero-order chi connectivity index (χ0) is 57.7. The fourth-order valence-corrected chi connectivity index (χ4v) is 14.0. The summed E-state index contributed by atoms with van der Waals surface area (Å²) in [7, 11) is 0. The van der Waals surface area contributed by atoms with Crippen molar-refractivity contribution >= 4 is 91.4 Å². The van der Waals surface area contributed by atoms with Gasteiger partial charge in [-0.25, -0.2) is 39.1 Å². The molecule has 0 bridgehead atoms. The highest BCUT2D eigenvalue weighted by Gasteiger charge is 2.63. The summed E-state index contributed by atoms with van der Waals surface area (Å²) in [6.07, 6.45) is 5.17. The number of hydrogen-bond acceptors (Lipinski definition) is 20. The predicted octanol–water partition coefficient (Wildman–Crippen LogP) is 10.1. The smallest absolute Gasteiger partial charge is 0.369 e. The quantitative estimate of drug-likeness (QED) is 0.0558. The number of aromatic nitrogens is 2. The van der Waals surface area contributed by atoms with Gasteiger partial charge in [-0.15, -0.1) is 0 Å². The number of carbonyl (C=O) groups excluding carboxylic acids is 8. The summed E-state index contributed by atoms with van der Waals surface area (Å²) < 4.78 is 37.5. The first-order valence-electron chi connectivity index (χ1n) is 27.7. The molecule has 2 aromatic heterocycles. The number of thiazole rings is 2. The van der Waals surface area contributed by atoms with Crippen LogP contribution in [0.25, 0.3) is 20.9 Å². The van der Waals surface area contributed by atoms with E-state index in [1.165, 1.54) is 12.1 Å². The normalized spacial score (nSPS) is 20.3. The van der Waals surface area contributed by atoms with Crippen LogP contribution < -0.4 is 9.47 Å². The molecule has 4 fully saturated rings. The first-order chi connectivity index (χ1) is 40.9. The lowest BCUT2D eigenvalue weighted by Gasteiger charge is -2.36. The number of rotatable bonds is 14. The number of Topliss-reactive ketones (excluding diaryl/α,β-unsaturated/α-hetero) is 4. The fraction of sp³-hybridized carbons (Fsp3) is 0.281. The predicted molar refractivity (Wildman–Crippen MR) is 303 cm³/mol. The number of fused-ring (bicyclic) bond motifs is 8. The number of benzene rings is 5. The van der Waals surface area contributed by atoms with E-state index in [1.807, 2.05) is 0 Å². The minimum absolute atomic E-state index is 0.0523. The molecule has 6 aliphatic rings. The Labute approximate surface area is 487 Å². The lowest BCUT2D eigenvalue weighted by molar-refractivity contribution is -0.185. The number of esters is 4. The Balaban J connectivity index is 1.00. The second kappa shape index (κ2) is 22.2. The molecular formula is C64H50N4O14S2. The molecular weight excluding hydrogens is 1110 g/mol. The van der Waals surface area contributed by atoms with Crippen molar-refractivity contribution in [1.82, 2.24) is 9.97 Å². The largest absolute Gasteiger partial charge is 0.458 e. The molecule has 0 radical (unpaired) electrons. The highest BCUT2D eigenvalue weighted by molar-refractivity contribution is 7.19. The maximum absolute atomic E-state index is 15.3. The van der Waals surface area contributed by atoms with Crippen LogP contribution in [0.15, 0.2) is 143 Å². The standard InChI is InChI=1S/C64H50N4O14S2/c69-49-39-25-13-14-26-40(39)50(70)47(49)65-61-67-55-53(83-61)43-30-46-44(29-45(43)81-63(55,57(73)77-31-35-17-5-1-6-18-35)58(74)78-32-36-19-7-2-8-20-36)54-56(68-62(84-54)66-48-51(71)41-27-15-16-28-42(41)52(48)72)64(82-46,59(75)79-33-37-21-9-3-10-22-37)60(76)80-34-38-23-11-4-12-24-38/h1-12,17-24,29-30,39-42H,13-16,25-28,31-34H2. The molecule has 422 valence electrons. The maximum atomic E-state index is 15.3. The van der Waals surface area contributed by atoms with Crippen molar-refractivity contribution in [3.8, 4) is 32.4 Å². The van der Waals surface area contributed by atoms with E-state index in [2.05, 4.69) is 9.98 Å². The van der Waals surface area contributed by atoms with Gasteiger partial charge in [0.1, 0.15) is 49.3 Å². The van der Waals surface area contributed by atoms with Crippen molar-refractivity contribution < 1.29 is 66.8 Å². The van der Waals surface area contributed by atoms with E-state index >= 15 is 19.2 Å². The lowest BCUT2D eigenvalue weighted by Crippen LogP contribution is -2.53. The Morgan fingerprint density at radius 2 is 0.714 bits per heavy atom. The van der Waals surface area contributed by atoms with E-state index in [-0.39, 0.29) is 91.9 Å². The lowest BCUT2D eigenvalue weighted by atomic mass is 9.81. The minimum Gasteiger partial charge on any atom is -0.458 e. The van der Waals surface area contributed by atoms with Gasteiger partial charge in [-0.05, 0) is 60.1 Å². The summed E-state index contributed by atoms with van der Waals surface area (Å²) in [5, 5.41) is -0.372. The van der Waals surface area contributed by atoms with E-state index in [9.17, 15) is 19.2 Å². The van der Waals surface area contributed by atoms with Crippen molar-refractivity contribution in [1.29, 1.82) is 0 Å². The van der Waals surface area contributed by atoms with Crippen LogP contribution in [0.1, 0.15) is 85.0 Å². The summed E-state index contributed by atoms with van der Waals surface area (Å²) in [4.78, 5) is 136. The van der Waals surface area contributed by atoms with Crippen molar-refractivity contribution in [2.75, 3.05) is 0 Å². The van der Waals surface area contributed by atoms with Crippen LogP contribution in [0.5, 0.6) is 11.5 Å². The van der Waals surface area contributed by atoms with E-state index in [1.54, 1.807) is 121 Å². The molecule has 4 unspecified atom stereocenters. The van der Waals surface area contributed by atoms with Gasteiger partial charge in [0.05, 0.1) is 9.75 Å². The Bertz CT molecular complexity index is 3500. The van der Waals surface area contributed by atoms with Gasteiger partial charge in [0, 0.05) is 34.8 Å². The highest BCUT2D eigenvalue weighted by Crippen LogP contribution is 2.58. The van der Waals surface area contributed by atoms with E-state index in [0.29, 0.717) is 47.9 Å². The molecule has 13 rings (SSSR count). The van der Waals surface area contributed by atoms with E-state index in [4.69, 9.17) is 38.4 Å². The molecule has 0 saturated heterocycles. The monoisotopic (exact) mass is 1160 g/mol. The van der Waals surface area contributed by atoms with Gasteiger partial charge in [-0.3, -0.25) is 19.2 Å². The third-order valence-electron chi connectivity index (χ3n) is 16.2. The van der Waals surface area contributed by atoms with Gasteiger partial charge in [0.25, 0.3) is 0 Å². The molecule has 0 amide bonds. The first kappa shape index (κ1) is 54.1. The Morgan fingerprint density at radius 3 is 0.988 bits per heavy atom. The number of nitrogens with zero attached hydrogens (tertiary/aromatic N) is 4. The van der Waals surface area contributed by atoms with Crippen LogP contribution in [0.2, 0.25) is 0 Å². The van der Waals surface area contributed by atoms with Crippen LogP contribution in [-0.2, 0) is 94.9 Å². The second-order valence-electron chi connectivity index (χ2n) is 21.4. The summed E-state index contributed by atoms with van der Waals surface area (Å²) in [6, 6.07) is 37.7. The molecule has 18 nitrogen and oxygen atoms in total. The van der Waals surface area contributed by atoms with E-state index < -0.39 is 81.9 Å². The zero-order valence-corrected chi connectivity index (χ0v) is 46.5. The van der Waals surface area contributed by atoms with Gasteiger partial charge >= 0.3 is 35.1 Å². The molecule has 2 aliphatic heterocycles. The Hall–Kier alpha value is -9.14. The molecule has 5 aromatic carbocycles. The van der Waals surface area contributed by atoms with Gasteiger partial charge < -0.3 is 28.4 Å². The van der Waals surface area contributed by atoms with Gasteiger partial charge in [0.2, 0.25) is 10.3 Å². The average Bonchev–Trinajstić information content (AvgIpc) is 1.48. The van der Waals surface area contributed by atoms with Gasteiger partial charge in [-0.1, -0.05) is 170 Å². The van der Waals surface area contributed by atoms with Crippen molar-refractivity contribution in [2.24, 2.45) is 33.7 Å². The zero-order valence-electron chi connectivity index (χ0n) is 44.8. The summed E-state index contributed by atoms with van der Waals surface area (Å²) in [5.41, 5.74) is -4.60. The molecule has 84 heavy (non-hydrogen) atoms. The average molecular weight is 1160 g/mol. The third-order valence-corrected chi connectivity index (χ3v) is 18.2. The number of hydrogen-bond donors (Lipinski definition) is 0. The summed E-state index contributed by atoms with van der Waals surface area (Å²) in [5.74, 6) is -9.15. The first-order valence-corrected chi connectivity index (χ1v) is 29.3. The van der Waals surface area contributed by atoms with Crippen LogP contribution in [-0.4, -0.2) is 68.4 Å². The number of aliphatic imine (C=N–C) groups is 2. The van der Waals surface area contributed by atoms with Crippen molar-refractivity contribution in [2.45, 2.75) is 89.0 Å². The SMILES string of the molecule is O=C1C(=Nc2nc3c(s2)-c2cc4c(cc2OC3(C(=O)OCc2ccccc2)C(=O)OCc2ccccc2)-c2sc(N=C3C(=O)C5CCCCC5C3=O)nc2C(C(=O)OCc2ccccc2)(C(=O)OCc2ccccc2)O4)C(=O)C2CCCCC12. The van der Waals surface area contributed by atoms with Crippen LogP contribution in [0, 0.1) is 23.7 Å². The van der Waals surface area contributed by atoms with Gasteiger partial charge in [-0.2, -0.15) is 0 Å². The molecule has 20 heteroatoms. The molecule has 4 atom stereocenters. The number of ketones is 4. The topological polar surface area (TPSA) is 242 Å². The number of carbonyl (C=O) groups is 8. The Morgan fingerprint density at radius 1 is 0.440 bits per heavy atom. The van der Waals surface area contributed by atoms with E-state index in [0.717, 1.165) is 48.4 Å². The molecule has 7 aromatic rings. The van der Waals surface area contributed by atoms with Crippen LogP contribution >= 0.6 is 22.7 Å². The molecule has 4 aliphatic carbocycles. The molecule has 0 spiro atoms. The summed E-state index contributed by atoms with van der Waals surface area (Å²) >= 11 is 1.66. The van der Waals surface area contributed by atoms with Crippen molar-refractivity contribution in [3.05, 3.63) is 167 Å². The van der Waals surface area contributed by atoms with Crippen LogP contribution in [0.3, 0.4) is 0 Å². The minimum atomic E-state index is -2.86. The van der Waals surface area contributed by atoms with Crippen molar-refractivity contribution in [3.63, 3.8) is 0 Å². The molecule has 0 N–H and O–H groups in total. The summed E-state index contributed by atoms with van der Waals surface area (Å²) in [6.45, 7) is -1.31. The fourth-order valence-electron chi connectivity index (χ4n) is 12.0. The third kappa shape index (κ3) is 9.51. The molecule has 4 saturated carbocycles. The Kier molecular flexibility index (Phi) is 14.3. The number of ether oxygens (including phenoxy) is 6. The second-order valence-corrected chi connectivity index (χ2v) is 23.3. The maximum Gasteiger partial charge on any atom is 0.369 e. The molecule has 4 heterocycles. The van der Waals surface area contributed by atoms with Gasteiger partial charge in [0.15, 0.2) is 34.6 Å². The highest BCUT2D eigenvalue weighted by atomic mass is 32.1.